The zero-order valence-corrected chi connectivity index (χ0v) is 18.0. The summed E-state index contributed by atoms with van der Waals surface area (Å²) in [5, 5.41) is 0. The number of halogens is 1. The number of hydrogen-bond donors (Lipinski definition) is 0. The Hall–Kier alpha value is -1.81. The molecule has 0 radical (unpaired) electrons. The quantitative estimate of drug-likeness (QED) is 0.455. The van der Waals surface area contributed by atoms with Crippen LogP contribution < -0.4 is 4.74 Å². The first kappa shape index (κ1) is 21.5. The van der Waals surface area contributed by atoms with Crippen LogP contribution in [-0.2, 0) is 17.9 Å². The van der Waals surface area contributed by atoms with Crippen molar-refractivity contribution in [1.29, 1.82) is 0 Å². The molecule has 0 unspecified atom stereocenters. The number of para-hydroxylation sites is 1. The van der Waals surface area contributed by atoms with Crippen LogP contribution in [0.2, 0.25) is 0 Å². The molecule has 1 heterocycles. The van der Waals surface area contributed by atoms with Crippen LogP contribution in [-0.4, -0.2) is 17.9 Å². The fraction of sp³-hybridized carbons (Fsp3) is 0.435. The second-order valence-electron chi connectivity index (χ2n) is 6.94. The maximum atomic E-state index is 12.0. The summed E-state index contributed by atoms with van der Waals surface area (Å²) >= 11 is 3.45. The van der Waals surface area contributed by atoms with E-state index in [0.29, 0.717) is 13.0 Å². The maximum Gasteiger partial charge on any atom is 0.222 e. The van der Waals surface area contributed by atoms with Gasteiger partial charge in [0.05, 0.1) is 0 Å². The van der Waals surface area contributed by atoms with Gasteiger partial charge in [0.1, 0.15) is 12.4 Å². The Balaban J connectivity index is 0.000000266. The summed E-state index contributed by atoms with van der Waals surface area (Å²) in [5.41, 5.74) is 2.49. The summed E-state index contributed by atoms with van der Waals surface area (Å²) in [6.07, 6.45) is 6.64. The third kappa shape index (κ3) is 7.76. The molecule has 0 atom stereocenters. The molecule has 0 spiro atoms. The van der Waals surface area contributed by atoms with Gasteiger partial charge in [-0.05, 0) is 30.2 Å². The number of benzene rings is 2. The zero-order chi connectivity index (χ0) is 19.5. The van der Waals surface area contributed by atoms with Gasteiger partial charge in [0, 0.05) is 30.0 Å². The first-order valence-electron chi connectivity index (χ1n) is 9.79. The molecule has 0 saturated carbocycles. The van der Waals surface area contributed by atoms with Gasteiger partial charge in [-0.25, -0.2) is 0 Å². The second-order valence-corrected chi connectivity index (χ2v) is 7.86. The van der Waals surface area contributed by atoms with Crippen molar-refractivity contribution >= 4 is 21.8 Å². The Morgan fingerprint density at radius 3 is 2.44 bits per heavy atom. The smallest absolute Gasteiger partial charge is 0.222 e. The summed E-state index contributed by atoms with van der Waals surface area (Å²) in [6.45, 7) is 3.69. The summed E-state index contributed by atoms with van der Waals surface area (Å²) in [6, 6.07) is 16.2. The zero-order valence-electron chi connectivity index (χ0n) is 16.4. The first-order chi connectivity index (χ1) is 13.1. The van der Waals surface area contributed by atoms with Gasteiger partial charge in [0.15, 0.2) is 0 Å². The van der Waals surface area contributed by atoms with Crippen LogP contribution in [0.15, 0.2) is 53.0 Å². The Kier molecular flexibility index (Phi) is 9.40. The van der Waals surface area contributed by atoms with Crippen LogP contribution in [0.25, 0.3) is 0 Å². The van der Waals surface area contributed by atoms with Gasteiger partial charge >= 0.3 is 0 Å². The van der Waals surface area contributed by atoms with E-state index in [1.165, 1.54) is 31.2 Å². The topological polar surface area (TPSA) is 29.5 Å². The van der Waals surface area contributed by atoms with Gasteiger partial charge in [-0.1, -0.05) is 78.9 Å². The predicted molar refractivity (Wildman–Crippen MR) is 115 cm³/mol. The minimum atomic E-state index is 0.247. The van der Waals surface area contributed by atoms with E-state index in [0.717, 1.165) is 28.8 Å². The van der Waals surface area contributed by atoms with Crippen molar-refractivity contribution in [3.05, 3.63) is 64.1 Å². The summed E-state index contributed by atoms with van der Waals surface area (Å²) < 4.78 is 6.14. The molecule has 146 valence electrons. The Labute approximate surface area is 171 Å². The van der Waals surface area contributed by atoms with Gasteiger partial charge < -0.3 is 9.64 Å². The SMILES string of the molecule is CCCCCCCC(=O)N(C)Cc1cccc(Br)c1.c1ccc2c(c1)CO2. The molecule has 0 fully saturated rings. The van der Waals surface area contributed by atoms with E-state index >= 15 is 0 Å². The van der Waals surface area contributed by atoms with E-state index in [2.05, 4.69) is 41.1 Å². The summed E-state index contributed by atoms with van der Waals surface area (Å²) in [7, 11) is 1.88. The minimum absolute atomic E-state index is 0.247. The van der Waals surface area contributed by atoms with E-state index in [1.807, 2.05) is 42.3 Å². The molecule has 1 amide bonds. The van der Waals surface area contributed by atoms with Crippen molar-refractivity contribution in [3.63, 3.8) is 0 Å². The number of carbonyl (C=O) groups excluding carboxylic acids is 1. The number of nitrogens with zero attached hydrogens (tertiary/aromatic N) is 1. The molecule has 2 aromatic carbocycles. The highest BCUT2D eigenvalue weighted by molar-refractivity contribution is 9.10. The van der Waals surface area contributed by atoms with E-state index < -0.39 is 0 Å². The van der Waals surface area contributed by atoms with E-state index in [9.17, 15) is 4.79 Å². The molecule has 0 N–H and O–H groups in total. The number of unbranched alkanes of at least 4 members (excludes halogenated alkanes) is 4. The van der Waals surface area contributed by atoms with Crippen LogP contribution in [0.5, 0.6) is 5.75 Å². The van der Waals surface area contributed by atoms with Crippen molar-refractivity contribution in [3.8, 4) is 5.75 Å². The van der Waals surface area contributed by atoms with E-state index in [1.54, 1.807) is 0 Å². The fourth-order valence-electron chi connectivity index (χ4n) is 2.91. The molecule has 1 aliphatic rings. The van der Waals surface area contributed by atoms with Gasteiger partial charge in [0.25, 0.3) is 0 Å². The van der Waals surface area contributed by atoms with Crippen LogP contribution in [0.4, 0.5) is 0 Å². The highest BCUT2D eigenvalue weighted by atomic mass is 79.9. The number of carbonyl (C=O) groups is 1. The molecule has 0 bridgehead atoms. The number of ether oxygens (including phenoxy) is 1. The highest BCUT2D eigenvalue weighted by Gasteiger charge is 2.11. The maximum absolute atomic E-state index is 12.0. The van der Waals surface area contributed by atoms with Gasteiger partial charge in [-0.3, -0.25) is 4.79 Å². The van der Waals surface area contributed by atoms with Crippen molar-refractivity contribution in [1.82, 2.24) is 4.90 Å². The molecular formula is C23H30BrNO2. The Bertz CT molecular complexity index is 694. The molecule has 27 heavy (non-hydrogen) atoms. The molecule has 0 saturated heterocycles. The van der Waals surface area contributed by atoms with Crippen LogP contribution in [0.1, 0.15) is 56.6 Å². The lowest BCUT2D eigenvalue weighted by Crippen LogP contribution is -2.25. The first-order valence-corrected chi connectivity index (χ1v) is 10.6. The number of fused-ring (bicyclic) bond motifs is 1. The standard InChI is InChI=1S/C16H24BrNO.C7H6O/c1-3-4-5-6-7-11-16(19)18(2)13-14-9-8-10-15(17)12-14;1-2-4-7-6(3-1)5-8-7/h8-10,12H,3-7,11,13H2,1-2H3;1-4H,5H2. The fourth-order valence-corrected chi connectivity index (χ4v) is 3.35. The normalized spacial score (nSPS) is 11.4. The molecule has 1 aliphatic heterocycles. The number of hydrogen-bond acceptors (Lipinski definition) is 2. The molecular weight excluding hydrogens is 402 g/mol. The van der Waals surface area contributed by atoms with Crippen molar-refractivity contribution in [2.75, 3.05) is 7.05 Å². The molecule has 2 aromatic rings. The monoisotopic (exact) mass is 431 g/mol. The average molecular weight is 432 g/mol. The van der Waals surface area contributed by atoms with Crippen LogP contribution >= 0.6 is 15.9 Å². The molecule has 0 aromatic heterocycles. The molecule has 3 rings (SSSR count). The lowest BCUT2D eigenvalue weighted by molar-refractivity contribution is -0.130. The number of amides is 1. The average Bonchev–Trinajstić information content (AvgIpc) is 2.63. The lowest BCUT2D eigenvalue weighted by Gasteiger charge is -2.18. The van der Waals surface area contributed by atoms with Crippen molar-refractivity contribution in [2.24, 2.45) is 0 Å². The third-order valence-corrected chi connectivity index (χ3v) is 5.08. The Morgan fingerprint density at radius 2 is 1.85 bits per heavy atom. The number of rotatable bonds is 8. The summed E-state index contributed by atoms with van der Waals surface area (Å²) in [5.74, 6) is 1.30. The summed E-state index contributed by atoms with van der Waals surface area (Å²) in [4.78, 5) is 13.8. The Morgan fingerprint density at radius 1 is 1.07 bits per heavy atom. The van der Waals surface area contributed by atoms with Crippen molar-refractivity contribution in [2.45, 2.75) is 58.6 Å². The largest absolute Gasteiger partial charge is 0.488 e. The minimum Gasteiger partial charge on any atom is -0.488 e. The third-order valence-electron chi connectivity index (χ3n) is 4.58. The molecule has 0 aliphatic carbocycles. The highest BCUT2D eigenvalue weighted by Crippen LogP contribution is 2.27. The van der Waals surface area contributed by atoms with Gasteiger partial charge in [0.2, 0.25) is 5.91 Å². The van der Waals surface area contributed by atoms with Gasteiger partial charge in [-0.2, -0.15) is 0 Å². The van der Waals surface area contributed by atoms with Crippen LogP contribution in [0.3, 0.4) is 0 Å². The van der Waals surface area contributed by atoms with Crippen LogP contribution in [0, 0.1) is 0 Å². The lowest BCUT2D eigenvalue weighted by atomic mass is 10.1. The molecule has 3 nitrogen and oxygen atoms in total. The van der Waals surface area contributed by atoms with Crippen molar-refractivity contribution < 1.29 is 9.53 Å². The second kappa shape index (κ2) is 11.8. The van der Waals surface area contributed by atoms with E-state index in [4.69, 9.17) is 4.74 Å². The van der Waals surface area contributed by atoms with E-state index in [-0.39, 0.29) is 5.91 Å². The predicted octanol–water partition coefficient (Wildman–Crippen LogP) is 6.35. The van der Waals surface area contributed by atoms with Gasteiger partial charge in [-0.15, -0.1) is 0 Å². The molecule has 4 heteroatoms.